The lowest BCUT2D eigenvalue weighted by atomic mass is 10.1. The van der Waals surface area contributed by atoms with Gasteiger partial charge < -0.3 is 15.0 Å². The summed E-state index contributed by atoms with van der Waals surface area (Å²) in [6, 6.07) is 16.7. The van der Waals surface area contributed by atoms with Crippen LogP contribution in [0.2, 0.25) is 0 Å². The Morgan fingerprint density at radius 3 is 2.72 bits per heavy atom. The Labute approximate surface area is 188 Å². The van der Waals surface area contributed by atoms with E-state index in [1.165, 1.54) is 6.07 Å². The van der Waals surface area contributed by atoms with Crippen LogP contribution in [0.4, 0.5) is 4.39 Å². The quantitative estimate of drug-likeness (QED) is 0.578. The molecule has 4 rings (SSSR count). The van der Waals surface area contributed by atoms with E-state index in [4.69, 9.17) is 4.74 Å². The van der Waals surface area contributed by atoms with Crippen LogP contribution in [0.25, 0.3) is 0 Å². The molecule has 2 heterocycles. The fraction of sp³-hybridized carbons (Fsp3) is 0.360. The first-order chi connectivity index (χ1) is 15.5. The second kappa shape index (κ2) is 9.96. The molecule has 0 spiro atoms. The van der Waals surface area contributed by atoms with E-state index in [0.29, 0.717) is 30.1 Å². The van der Waals surface area contributed by atoms with Crippen LogP contribution in [0, 0.1) is 12.7 Å². The van der Waals surface area contributed by atoms with Crippen molar-refractivity contribution >= 4 is 5.91 Å². The standard InChI is InChI=1S/C25H29FN4O2/c1-18-15-23-25(31)29(13-6-14-30(23)28-18)17-20-9-10-21(16-22(20)26)32-24(11-12-27-2)19-7-4-3-5-8-19/h3-5,7-10,15-16,24,27H,6,11-14,17H2,1-2H3/t24-/m0/s1. The van der Waals surface area contributed by atoms with E-state index < -0.39 is 0 Å². The van der Waals surface area contributed by atoms with Gasteiger partial charge in [0.05, 0.1) is 5.69 Å². The van der Waals surface area contributed by atoms with Crippen molar-refractivity contribution in [1.29, 1.82) is 0 Å². The smallest absolute Gasteiger partial charge is 0.272 e. The highest BCUT2D eigenvalue weighted by atomic mass is 19.1. The summed E-state index contributed by atoms with van der Waals surface area (Å²) >= 11 is 0. The average molecular weight is 437 g/mol. The molecule has 0 radical (unpaired) electrons. The topological polar surface area (TPSA) is 59.4 Å². The zero-order chi connectivity index (χ0) is 22.5. The third-order valence-electron chi connectivity index (χ3n) is 5.70. The highest BCUT2D eigenvalue weighted by Gasteiger charge is 2.25. The number of halogens is 1. The zero-order valence-electron chi connectivity index (χ0n) is 18.6. The fourth-order valence-electron chi connectivity index (χ4n) is 4.05. The first kappa shape index (κ1) is 22.0. The minimum atomic E-state index is -0.371. The normalized spacial score (nSPS) is 14.7. The second-order valence-electron chi connectivity index (χ2n) is 8.14. The molecular formula is C25H29FN4O2. The van der Waals surface area contributed by atoms with Crippen molar-refractivity contribution in [2.75, 3.05) is 20.1 Å². The number of benzene rings is 2. The minimum absolute atomic E-state index is 0.112. The summed E-state index contributed by atoms with van der Waals surface area (Å²) in [7, 11) is 1.90. The highest BCUT2D eigenvalue weighted by Crippen LogP contribution is 2.27. The Morgan fingerprint density at radius 2 is 1.97 bits per heavy atom. The number of hydrogen-bond donors (Lipinski definition) is 1. The van der Waals surface area contributed by atoms with Gasteiger partial charge in [-0.1, -0.05) is 36.4 Å². The molecule has 6 nitrogen and oxygen atoms in total. The Bertz CT molecular complexity index is 1070. The van der Waals surface area contributed by atoms with Gasteiger partial charge in [0.1, 0.15) is 23.4 Å². The summed E-state index contributed by atoms with van der Waals surface area (Å²) in [5.41, 5.74) is 2.90. The molecule has 0 saturated heterocycles. The van der Waals surface area contributed by atoms with Gasteiger partial charge >= 0.3 is 0 Å². The molecule has 0 bridgehead atoms. The number of nitrogens with zero attached hydrogens (tertiary/aromatic N) is 3. The molecule has 1 aliphatic rings. The monoisotopic (exact) mass is 436 g/mol. The van der Waals surface area contributed by atoms with E-state index >= 15 is 0 Å². The van der Waals surface area contributed by atoms with Crippen molar-refractivity contribution in [2.24, 2.45) is 0 Å². The maximum Gasteiger partial charge on any atom is 0.272 e. The summed E-state index contributed by atoms with van der Waals surface area (Å²) in [6.07, 6.45) is 1.37. The lowest BCUT2D eigenvalue weighted by molar-refractivity contribution is 0.0744. The number of hydrogen-bond acceptors (Lipinski definition) is 4. The molecule has 1 atom stereocenters. The molecule has 0 saturated carbocycles. The van der Waals surface area contributed by atoms with Gasteiger partial charge in [-0.15, -0.1) is 0 Å². The molecule has 0 unspecified atom stereocenters. The van der Waals surface area contributed by atoms with E-state index in [1.54, 1.807) is 27.8 Å². The largest absolute Gasteiger partial charge is 0.486 e. The number of aromatic nitrogens is 2. The average Bonchev–Trinajstić information content (AvgIpc) is 3.11. The number of fused-ring (bicyclic) bond motifs is 1. The van der Waals surface area contributed by atoms with Crippen molar-refractivity contribution in [2.45, 2.75) is 39.0 Å². The predicted molar refractivity (Wildman–Crippen MR) is 121 cm³/mol. The molecular weight excluding hydrogens is 407 g/mol. The molecule has 0 aliphatic carbocycles. The van der Waals surface area contributed by atoms with E-state index in [1.807, 2.05) is 44.3 Å². The van der Waals surface area contributed by atoms with Crippen LogP contribution >= 0.6 is 0 Å². The molecule has 168 valence electrons. The van der Waals surface area contributed by atoms with Gasteiger partial charge in [-0.2, -0.15) is 5.10 Å². The SMILES string of the molecule is CNCC[C@H](Oc1ccc(CN2CCCn3nc(C)cc3C2=O)c(F)c1)c1ccccc1. The second-order valence-corrected chi connectivity index (χ2v) is 8.14. The number of carbonyl (C=O) groups excluding carboxylic acids is 1. The van der Waals surface area contributed by atoms with Gasteiger partial charge in [-0.3, -0.25) is 9.48 Å². The van der Waals surface area contributed by atoms with Crippen LogP contribution in [-0.4, -0.2) is 40.7 Å². The van der Waals surface area contributed by atoms with Crippen LogP contribution in [0.1, 0.15) is 46.3 Å². The summed E-state index contributed by atoms with van der Waals surface area (Å²) in [4.78, 5) is 14.6. The summed E-state index contributed by atoms with van der Waals surface area (Å²) in [6.45, 7) is 4.13. The van der Waals surface area contributed by atoms with Gasteiger partial charge in [0.25, 0.3) is 5.91 Å². The molecule has 7 heteroatoms. The molecule has 1 aliphatic heterocycles. The Kier molecular flexibility index (Phi) is 6.85. The Balaban J connectivity index is 1.48. The Morgan fingerprint density at radius 1 is 1.16 bits per heavy atom. The molecule has 1 N–H and O–H groups in total. The minimum Gasteiger partial charge on any atom is -0.486 e. The summed E-state index contributed by atoms with van der Waals surface area (Å²) in [5, 5.41) is 7.52. The molecule has 32 heavy (non-hydrogen) atoms. The first-order valence-corrected chi connectivity index (χ1v) is 11.0. The van der Waals surface area contributed by atoms with E-state index in [0.717, 1.165) is 30.6 Å². The molecule has 1 aromatic heterocycles. The maximum atomic E-state index is 15.0. The molecule has 2 aromatic carbocycles. The number of carbonyl (C=O) groups is 1. The number of rotatable bonds is 8. The Hall–Kier alpha value is -3.19. The van der Waals surface area contributed by atoms with E-state index in [2.05, 4.69) is 10.4 Å². The lowest BCUT2D eigenvalue weighted by Crippen LogP contribution is -2.31. The van der Waals surface area contributed by atoms with Crippen molar-refractivity contribution < 1.29 is 13.9 Å². The molecule has 3 aromatic rings. The molecule has 0 fully saturated rings. The maximum absolute atomic E-state index is 15.0. The predicted octanol–water partition coefficient (Wildman–Crippen LogP) is 4.11. The number of ether oxygens (including phenoxy) is 1. The lowest BCUT2D eigenvalue weighted by Gasteiger charge is -2.22. The number of amides is 1. The van der Waals surface area contributed by atoms with Crippen LogP contribution in [0.5, 0.6) is 5.75 Å². The zero-order valence-corrected chi connectivity index (χ0v) is 18.6. The van der Waals surface area contributed by atoms with Gasteiger partial charge in [0, 0.05) is 37.7 Å². The van der Waals surface area contributed by atoms with Crippen molar-refractivity contribution in [3.8, 4) is 5.75 Å². The third-order valence-corrected chi connectivity index (χ3v) is 5.70. The number of nitrogens with one attached hydrogen (secondary N) is 1. The fourth-order valence-corrected chi connectivity index (χ4v) is 4.05. The van der Waals surface area contributed by atoms with Crippen LogP contribution < -0.4 is 10.1 Å². The van der Waals surface area contributed by atoms with Gasteiger partial charge in [0.15, 0.2) is 0 Å². The highest BCUT2D eigenvalue weighted by molar-refractivity contribution is 5.92. The van der Waals surface area contributed by atoms with Crippen molar-refractivity contribution in [3.63, 3.8) is 0 Å². The summed E-state index contributed by atoms with van der Waals surface area (Å²) in [5.74, 6) is -0.00389. The van der Waals surface area contributed by atoms with Crippen molar-refractivity contribution in [3.05, 3.63) is 82.9 Å². The van der Waals surface area contributed by atoms with Gasteiger partial charge in [-0.05, 0) is 44.6 Å². The van der Waals surface area contributed by atoms with Crippen molar-refractivity contribution in [1.82, 2.24) is 20.0 Å². The van der Waals surface area contributed by atoms with E-state index in [-0.39, 0.29) is 24.4 Å². The van der Waals surface area contributed by atoms with Crippen LogP contribution in [0.3, 0.4) is 0 Å². The third kappa shape index (κ3) is 4.99. The van der Waals surface area contributed by atoms with E-state index in [9.17, 15) is 9.18 Å². The first-order valence-electron chi connectivity index (χ1n) is 11.0. The van der Waals surface area contributed by atoms with Gasteiger partial charge in [0.2, 0.25) is 0 Å². The summed E-state index contributed by atoms with van der Waals surface area (Å²) < 4.78 is 22.9. The van der Waals surface area contributed by atoms with Crippen LogP contribution in [0.15, 0.2) is 54.6 Å². The van der Waals surface area contributed by atoms with Crippen LogP contribution in [-0.2, 0) is 13.1 Å². The molecule has 1 amide bonds. The van der Waals surface area contributed by atoms with Gasteiger partial charge in [-0.25, -0.2) is 4.39 Å². The number of aryl methyl sites for hydroxylation is 2.